The molecular formula is C16H29N. The third kappa shape index (κ3) is 5.25. The zero-order valence-electron chi connectivity index (χ0n) is 11.3. The molecule has 0 amide bonds. The molecule has 0 saturated heterocycles. The molecule has 0 heterocycles. The highest BCUT2D eigenvalue weighted by Crippen LogP contribution is 2.20. The molecule has 1 saturated carbocycles. The van der Waals surface area contributed by atoms with Gasteiger partial charge >= 0.3 is 0 Å². The van der Waals surface area contributed by atoms with Crippen molar-refractivity contribution in [1.82, 2.24) is 5.32 Å². The summed E-state index contributed by atoms with van der Waals surface area (Å²) < 4.78 is 0. The highest BCUT2D eigenvalue weighted by Gasteiger charge is 2.10. The lowest BCUT2D eigenvalue weighted by Crippen LogP contribution is -2.30. The fourth-order valence-electron chi connectivity index (χ4n) is 3.23. The summed E-state index contributed by atoms with van der Waals surface area (Å²) in [7, 11) is 0. The SMILES string of the molecule is C1=C(CCNC2CCCCCCC2)CCCC1. The standard InChI is InChI=1S/C16H29N/c1-2-7-11-16(12-8-3-1)17-14-13-15-9-5-4-6-10-15/h9,16-17H,1-8,10-14H2. The number of hydrogen-bond donors (Lipinski definition) is 1. The van der Waals surface area contributed by atoms with Crippen LogP contribution in [0.15, 0.2) is 11.6 Å². The van der Waals surface area contributed by atoms with Gasteiger partial charge in [-0.25, -0.2) is 0 Å². The highest BCUT2D eigenvalue weighted by molar-refractivity contribution is 5.05. The van der Waals surface area contributed by atoms with E-state index < -0.39 is 0 Å². The van der Waals surface area contributed by atoms with Crippen LogP contribution in [0.4, 0.5) is 0 Å². The van der Waals surface area contributed by atoms with Gasteiger partial charge in [0.1, 0.15) is 0 Å². The number of allylic oxidation sites excluding steroid dienone is 1. The largest absolute Gasteiger partial charge is 0.314 e. The van der Waals surface area contributed by atoms with E-state index in [0.29, 0.717) is 0 Å². The van der Waals surface area contributed by atoms with Crippen LogP contribution in [0.1, 0.15) is 77.0 Å². The third-order valence-corrected chi connectivity index (χ3v) is 4.37. The van der Waals surface area contributed by atoms with Crippen LogP contribution in [-0.4, -0.2) is 12.6 Å². The molecule has 0 aromatic carbocycles. The third-order valence-electron chi connectivity index (χ3n) is 4.37. The Morgan fingerprint density at radius 1 is 0.941 bits per heavy atom. The second-order valence-electron chi connectivity index (χ2n) is 5.85. The molecule has 1 fully saturated rings. The first-order chi connectivity index (χ1) is 8.45. The van der Waals surface area contributed by atoms with E-state index in [-0.39, 0.29) is 0 Å². The smallest absolute Gasteiger partial charge is 0.00671 e. The van der Waals surface area contributed by atoms with Crippen molar-refractivity contribution < 1.29 is 0 Å². The minimum Gasteiger partial charge on any atom is -0.314 e. The average molecular weight is 235 g/mol. The maximum atomic E-state index is 3.80. The molecule has 0 aromatic rings. The number of hydrogen-bond acceptors (Lipinski definition) is 1. The van der Waals surface area contributed by atoms with E-state index in [4.69, 9.17) is 0 Å². The van der Waals surface area contributed by atoms with Gasteiger partial charge in [0.05, 0.1) is 0 Å². The van der Waals surface area contributed by atoms with E-state index in [1.807, 2.05) is 0 Å². The van der Waals surface area contributed by atoms with Crippen LogP contribution in [0.5, 0.6) is 0 Å². The minimum atomic E-state index is 0.819. The molecule has 2 aliphatic carbocycles. The molecule has 0 unspecified atom stereocenters. The van der Waals surface area contributed by atoms with Crippen molar-refractivity contribution in [1.29, 1.82) is 0 Å². The Bertz CT molecular complexity index is 224. The number of nitrogens with one attached hydrogen (secondary N) is 1. The van der Waals surface area contributed by atoms with Gasteiger partial charge in [-0.3, -0.25) is 0 Å². The first-order valence-electron chi connectivity index (χ1n) is 7.86. The predicted octanol–water partition coefficient (Wildman–Crippen LogP) is 4.58. The summed E-state index contributed by atoms with van der Waals surface area (Å²) in [5.74, 6) is 0. The Kier molecular flexibility index (Phi) is 6.12. The van der Waals surface area contributed by atoms with E-state index >= 15 is 0 Å². The van der Waals surface area contributed by atoms with Gasteiger partial charge in [-0.2, -0.15) is 0 Å². The van der Waals surface area contributed by atoms with Crippen LogP contribution in [0, 0.1) is 0 Å². The van der Waals surface area contributed by atoms with Crippen LogP contribution in [0.25, 0.3) is 0 Å². The van der Waals surface area contributed by atoms with Crippen molar-refractivity contribution in [2.24, 2.45) is 0 Å². The number of rotatable bonds is 4. The predicted molar refractivity (Wildman–Crippen MR) is 75.3 cm³/mol. The first kappa shape index (κ1) is 13.1. The average Bonchev–Trinajstić information content (AvgIpc) is 2.33. The lowest BCUT2D eigenvalue weighted by atomic mass is 9.95. The second-order valence-corrected chi connectivity index (χ2v) is 5.85. The molecule has 98 valence electrons. The van der Waals surface area contributed by atoms with Crippen LogP contribution in [-0.2, 0) is 0 Å². The van der Waals surface area contributed by atoms with Gasteiger partial charge in [-0.1, -0.05) is 43.8 Å². The molecule has 0 spiro atoms. The van der Waals surface area contributed by atoms with Gasteiger partial charge in [-0.05, 0) is 51.5 Å². The van der Waals surface area contributed by atoms with Gasteiger partial charge in [0.25, 0.3) is 0 Å². The summed E-state index contributed by atoms with van der Waals surface area (Å²) in [5.41, 5.74) is 1.72. The summed E-state index contributed by atoms with van der Waals surface area (Å²) in [6.07, 6.45) is 19.4. The maximum Gasteiger partial charge on any atom is 0.00671 e. The Balaban J connectivity index is 1.61. The van der Waals surface area contributed by atoms with Crippen LogP contribution in [0.2, 0.25) is 0 Å². The lowest BCUT2D eigenvalue weighted by molar-refractivity contribution is 0.391. The minimum absolute atomic E-state index is 0.819. The maximum absolute atomic E-state index is 3.80. The Labute approximate surface area is 107 Å². The van der Waals surface area contributed by atoms with E-state index in [2.05, 4.69) is 11.4 Å². The van der Waals surface area contributed by atoms with E-state index in [9.17, 15) is 0 Å². The van der Waals surface area contributed by atoms with Crippen LogP contribution < -0.4 is 5.32 Å². The fraction of sp³-hybridized carbons (Fsp3) is 0.875. The summed E-state index contributed by atoms with van der Waals surface area (Å²) in [5, 5.41) is 3.80. The molecule has 17 heavy (non-hydrogen) atoms. The van der Waals surface area contributed by atoms with Crippen molar-refractivity contribution in [3.05, 3.63) is 11.6 Å². The molecule has 0 atom stereocenters. The van der Waals surface area contributed by atoms with Gasteiger partial charge in [0, 0.05) is 6.04 Å². The molecule has 1 heteroatoms. The summed E-state index contributed by atoms with van der Waals surface area (Å²) >= 11 is 0. The molecular weight excluding hydrogens is 206 g/mol. The van der Waals surface area contributed by atoms with E-state index in [1.54, 1.807) is 5.57 Å². The molecule has 0 bridgehead atoms. The van der Waals surface area contributed by atoms with Crippen molar-refractivity contribution in [2.45, 2.75) is 83.1 Å². The van der Waals surface area contributed by atoms with Crippen molar-refractivity contribution >= 4 is 0 Å². The molecule has 0 aliphatic heterocycles. The first-order valence-corrected chi connectivity index (χ1v) is 7.86. The quantitative estimate of drug-likeness (QED) is 0.703. The zero-order valence-corrected chi connectivity index (χ0v) is 11.3. The monoisotopic (exact) mass is 235 g/mol. The Hall–Kier alpha value is -0.300. The summed E-state index contributed by atoms with van der Waals surface area (Å²) in [6.45, 7) is 1.22. The fourth-order valence-corrected chi connectivity index (χ4v) is 3.23. The zero-order chi connectivity index (χ0) is 11.8. The van der Waals surface area contributed by atoms with Gasteiger partial charge in [-0.15, -0.1) is 0 Å². The lowest BCUT2D eigenvalue weighted by Gasteiger charge is -2.22. The molecule has 1 nitrogen and oxygen atoms in total. The van der Waals surface area contributed by atoms with Crippen LogP contribution in [0.3, 0.4) is 0 Å². The van der Waals surface area contributed by atoms with Crippen LogP contribution >= 0.6 is 0 Å². The molecule has 2 aliphatic rings. The Morgan fingerprint density at radius 2 is 1.71 bits per heavy atom. The van der Waals surface area contributed by atoms with Gasteiger partial charge in [0.2, 0.25) is 0 Å². The van der Waals surface area contributed by atoms with Crippen molar-refractivity contribution in [3.63, 3.8) is 0 Å². The highest BCUT2D eigenvalue weighted by atomic mass is 14.9. The second kappa shape index (κ2) is 7.92. The molecule has 0 aromatic heterocycles. The normalized spacial score (nSPS) is 23.9. The molecule has 1 N–H and O–H groups in total. The van der Waals surface area contributed by atoms with E-state index in [0.717, 1.165) is 6.04 Å². The summed E-state index contributed by atoms with van der Waals surface area (Å²) in [6, 6.07) is 0.819. The van der Waals surface area contributed by atoms with Crippen molar-refractivity contribution in [3.8, 4) is 0 Å². The summed E-state index contributed by atoms with van der Waals surface area (Å²) in [4.78, 5) is 0. The topological polar surface area (TPSA) is 12.0 Å². The Morgan fingerprint density at radius 3 is 2.41 bits per heavy atom. The van der Waals surface area contributed by atoms with E-state index in [1.165, 1.54) is 83.6 Å². The van der Waals surface area contributed by atoms with Crippen molar-refractivity contribution in [2.75, 3.05) is 6.54 Å². The van der Waals surface area contributed by atoms with Gasteiger partial charge < -0.3 is 5.32 Å². The molecule has 0 radical (unpaired) electrons. The van der Waals surface area contributed by atoms with Gasteiger partial charge in [0.15, 0.2) is 0 Å². The molecule has 2 rings (SSSR count).